The molecule has 0 saturated carbocycles. The fourth-order valence-electron chi connectivity index (χ4n) is 3.19. The maximum absolute atomic E-state index is 12.4. The number of hydrogen-bond acceptors (Lipinski definition) is 4. The maximum atomic E-state index is 12.4. The molecule has 1 aliphatic rings. The van der Waals surface area contributed by atoms with Crippen molar-refractivity contribution in [2.75, 3.05) is 20.3 Å². The Morgan fingerprint density at radius 1 is 1.43 bits per heavy atom. The number of carbonyl (C=O) groups is 1. The number of aromatic amines is 1. The third kappa shape index (κ3) is 3.14. The number of hydrogen-bond donors (Lipinski definition) is 1. The highest BCUT2D eigenvalue weighted by molar-refractivity contribution is 5.77. The predicted molar refractivity (Wildman–Crippen MR) is 85.3 cm³/mol. The SMILES string of the molecule is COCCC(=O)N1CCCCC1c1cc2nc(C)cc(=O)n2[nH]1. The van der Waals surface area contributed by atoms with Crippen molar-refractivity contribution in [1.29, 1.82) is 0 Å². The largest absolute Gasteiger partial charge is 0.384 e. The topological polar surface area (TPSA) is 79.7 Å². The first-order valence-electron chi connectivity index (χ1n) is 7.98. The Kier molecular flexibility index (Phi) is 4.47. The van der Waals surface area contributed by atoms with Gasteiger partial charge in [0.15, 0.2) is 5.65 Å². The summed E-state index contributed by atoms with van der Waals surface area (Å²) in [5, 5.41) is 3.12. The molecule has 1 N–H and O–H groups in total. The highest BCUT2D eigenvalue weighted by Crippen LogP contribution is 2.30. The first kappa shape index (κ1) is 15.7. The fourth-order valence-corrected chi connectivity index (χ4v) is 3.19. The number of carbonyl (C=O) groups excluding carboxylic acids is 1. The molecule has 1 aliphatic heterocycles. The summed E-state index contributed by atoms with van der Waals surface area (Å²) in [4.78, 5) is 30.7. The minimum atomic E-state index is -0.133. The van der Waals surface area contributed by atoms with Crippen molar-refractivity contribution in [3.05, 3.63) is 33.9 Å². The summed E-state index contributed by atoms with van der Waals surface area (Å²) >= 11 is 0. The van der Waals surface area contributed by atoms with E-state index in [9.17, 15) is 9.59 Å². The number of nitrogens with zero attached hydrogens (tertiary/aromatic N) is 3. The van der Waals surface area contributed by atoms with Gasteiger partial charge in [-0.3, -0.25) is 14.7 Å². The van der Waals surface area contributed by atoms with Gasteiger partial charge in [-0.05, 0) is 26.2 Å². The number of aryl methyl sites for hydroxylation is 1. The Bertz CT molecular complexity index is 764. The van der Waals surface area contributed by atoms with Gasteiger partial charge >= 0.3 is 0 Å². The number of piperidine rings is 1. The molecule has 1 unspecified atom stereocenters. The van der Waals surface area contributed by atoms with Gasteiger partial charge in [-0.1, -0.05) is 0 Å². The molecule has 23 heavy (non-hydrogen) atoms. The van der Waals surface area contributed by atoms with E-state index < -0.39 is 0 Å². The third-order valence-corrected chi connectivity index (χ3v) is 4.30. The van der Waals surface area contributed by atoms with Crippen LogP contribution in [0.15, 0.2) is 16.9 Å². The zero-order valence-electron chi connectivity index (χ0n) is 13.5. The van der Waals surface area contributed by atoms with Crippen LogP contribution in [0.3, 0.4) is 0 Å². The second-order valence-electron chi connectivity index (χ2n) is 5.98. The molecular weight excluding hydrogens is 296 g/mol. The van der Waals surface area contributed by atoms with Crippen LogP contribution in [0.25, 0.3) is 5.65 Å². The molecule has 3 rings (SSSR count). The van der Waals surface area contributed by atoms with Crippen LogP contribution in [-0.2, 0) is 9.53 Å². The lowest BCUT2D eigenvalue weighted by Gasteiger charge is -2.35. The van der Waals surface area contributed by atoms with Gasteiger partial charge in [-0.25, -0.2) is 9.50 Å². The number of methoxy groups -OCH3 is 1. The average Bonchev–Trinajstić information content (AvgIpc) is 2.96. The van der Waals surface area contributed by atoms with Gasteiger partial charge in [0, 0.05) is 31.5 Å². The summed E-state index contributed by atoms with van der Waals surface area (Å²) in [6.45, 7) is 2.97. The Balaban J connectivity index is 1.93. The maximum Gasteiger partial charge on any atom is 0.272 e. The van der Waals surface area contributed by atoms with E-state index in [1.54, 1.807) is 14.0 Å². The molecule has 0 aromatic carbocycles. The van der Waals surface area contributed by atoms with Gasteiger partial charge in [-0.2, -0.15) is 0 Å². The molecule has 2 aromatic rings. The van der Waals surface area contributed by atoms with E-state index >= 15 is 0 Å². The summed E-state index contributed by atoms with van der Waals surface area (Å²) in [5.41, 5.74) is 2.02. The monoisotopic (exact) mass is 318 g/mol. The highest BCUT2D eigenvalue weighted by atomic mass is 16.5. The van der Waals surface area contributed by atoms with Gasteiger partial charge in [-0.15, -0.1) is 0 Å². The van der Waals surface area contributed by atoms with Crippen LogP contribution in [-0.4, -0.2) is 45.7 Å². The Hall–Kier alpha value is -2.15. The van der Waals surface area contributed by atoms with Gasteiger partial charge in [0.25, 0.3) is 5.56 Å². The molecule has 0 spiro atoms. The molecule has 7 heteroatoms. The van der Waals surface area contributed by atoms with Gasteiger partial charge in [0.05, 0.1) is 24.8 Å². The van der Waals surface area contributed by atoms with Gasteiger partial charge in [0.1, 0.15) is 0 Å². The summed E-state index contributed by atoms with van der Waals surface area (Å²) in [5.74, 6) is 0.0895. The molecule has 0 radical (unpaired) electrons. The Labute approximate surface area is 134 Å². The summed E-state index contributed by atoms with van der Waals surface area (Å²) in [7, 11) is 1.60. The summed E-state index contributed by atoms with van der Waals surface area (Å²) < 4.78 is 6.45. The van der Waals surface area contributed by atoms with Crippen molar-refractivity contribution in [2.45, 2.75) is 38.6 Å². The number of ether oxygens (including phenoxy) is 1. The van der Waals surface area contributed by atoms with Crippen LogP contribution < -0.4 is 5.56 Å². The molecule has 1 atom stereocenters. The van der Waals surface area contributed by atoms with Gasteiger partial charge < -0.3 is 9.64 Å². The van der Waals surface area contributed by atoms with E-state index in [2.05, 4.69) is 10.1 Å². The molecule has 3 heterocycles. The van der Waals surface area contributed by atoms with Crippen molar-refractivity contribution in [3.8, 4) is 0 Å². The average molecular weight is 318 g/mol. The van der Waals surface area contributed by atoms with E-state index in [4.69, 9.17) is 4.74 Å². The molecule has 0 bridgehead atoms. The molecule has 1 saturated heterocycles. The van der Waals surface area contributed by atoms with E-state index in [0.29, 0.717) is 24.4 Å². The fraction of sp³-hybridized carbons (Fsp3) is 0.562. The lowest BCUT2D eigenvalue weighted by Crippen LogP contribution is -2.39. The predicted octanol–water partition coefficient (Wildman–Crippen LogP) is 1.42. The van der Waals surface area contributed by atoms with E-state index in [1.807, 2.05) is 11.0 Å². The molecule has 2 aromatic heterocycles. The lowest BCUT2D eigenvalue weighted by atomic mass is 9.99. The van der Waals surface area contributed by atoms with Crippen molar-refractivity contribution in [3.63, 3.8) is 0 Å². The number of nitrogens with one attached hydrogen (secondary N) is 1. The first-order chi connectivity index (χ1) is 11.1. The van der Waals surface area contributed by atoms with Crippen molar-refractivity contribution >= 4 is 11.6 Å². The number of likely N-dealkylation sites (tertiary alicyclic amines) is 1. The minimum Gasteiger partial charge on any atom is -0.384 e. The summed E-state index contributed by atoms with van der Waals surface area (Å²) in [6.07, 6.45) is 3.34. The Morgan fingerprint density at radius 2 is 2.26 bits per heavy atom. The molecule has 0 aliphatic carbocycles. The number of aromatic nitrogens is 3. The van der Waals surface area contributed by atoms with Crippen LogP contribution in [0.2, 0.25) is 0 Å². The number of amides is 1. The van der Waals surface area contributed by atoms with Crippen LogP contribution in [0, 0.1) is 6.92 Å². The molecule has 1 fully saturated rings. The van der Waals surface area contributed by atoms with E-state index in [-0.39, 0.29) is 17.5 Å². The summed E-state index contributed by atoms with van der Waals surface area (Å²) in [6, 6.07) is 3.34. The second-order valence-corrected chi connectivity index (χ2v) is 5.98. The Morgan fingerprint density at radius 3 is 3.04 bits per heavy atom. The molecule has 1 amide bonds. The van der Waals surface area contributed by atoms with Crippen LogP contribution in [0.4, 0.5) is 0 Å². The van der Waals surface area contributed by atoms with Crippen LogP contribution in [0.5, 0.6) is 0 Å². The number of H-pyrrole nitrogens is 1. The van der Waals surface area contributed by atoms with Crippen LogP contribution in [0.1, 0.15) is 43.1 Å². The highest BCUT2D eigenvalue weighted by Gasteiger charge is 2.29. The quantitative estimate of drug-likeness (QED) is 0.924. The second kappa shape index (κ2) is 6.54. The van der Waals surface area contributed by atoms with Crippen molar-refractivity contribution in [1.82, 2.24) is 19.5 Å². The molecular formula is C16H22N4O3. The van der Waals surface area contributed by atoms with Crippen molar-refractivity contribution < 1.29 is 9.53 Å². The van der Waals surface area contributed by atoms with Crippen LogP contribution >= 0.6 is 0 Å². The van der Waals surface area contributed by atoms with E-state index in [1.165, 1.54) is 10.6 Å². The molecule has 7 nitrogen and oxygen atoms in total. The van der Waals surface area contributed by atoms with Crippen molar-refractivity contribution in [2.24, 2.45) is 0 Å². The number of rotatable bonds is 4. The van der Waals surface area contributed by atoms with Gasteiger partial charge in [0.2, 0.25) is 5.91 Å². The minimum absolute atomic E-state index is 0.0329. The zero-order chi connectivity index (χ0) is 16.4. The number of fused-ring (bicyclic) bond motifs is 1. The smallest absolute Gasteiger partial charge is 0.272 e. The normalized spacial score (nSPS) is 18.5. The van der Waals surface area contributed by atoms with E-state index in [0.717, 1.165) is 31.5 Å². The lowest BCUT2D eigenvalue weighted by molar-refractivity contribution is -0.136. The standard InChI is InChI=1S/C16H22N4O3/c1-11-9-16(22)20-14(17-11)10-12(18-20)13-5-3-4-7-19(13)15(21)6-8-23-2/h9-10,13,18H,3-8H2,1-2H3. The zero-order valence-corrected chi connectivity index (χ0v) is 13.5. The molecule has 124 valence electrons. The third-order valence-electron chi connectivity index (χ3n) is 4.30. The first-order valence-corrected chi connectivity index (χ1v) is 7.98.